The van der Waals surface area contributed by atoms with Gasteiger partial charge in [-0.3, -0.25) is 9.80 Å². The van der Waals surface area contributed by atoms with Crippen LogP contribution in [0.5, 0.6) is 0 Å². The standard InChI is InChI=1S/C24H29N3O5S/c1-24(2,3)32-23(29)21-14-20(26-27(21)19-8-6-5-7-9-19)22(28)25-15-17-10-12-18(13-11-17)16-33(4,30)31/h5-13,21H,14-16H2,1-4H3,(H,25,28)/t21-/m1/s1. The summed E-state index contributed by atoms with van der Waals surface area (Å²) in [6, 6.07) is 15.4. The van der Waals surface area contributed by atoms with Crippen LogP contribution in [0.1, 0.15) is 38.3 Å². The fourth-order valence-electron chi connectivity index (χ4n) is 3.36. The van der Waals surface area contributed by atoms with Gasteiger partial charge in [-0.2, -0.15) is 5.10 Å². The first kappa shape index (κ1) is 24.4. The number of hydrogen-bond acceptors (Lipinski definition) is 7. The van der Waals surface area contributed by atoms with E-state index in [0.29, 0.717) is 11.3 Å². The highest BCUT2D eigenvalue weighted by atomic mass is 32.2. The van der Waals surface area contributed by atoms with Crippen LogP contribution in [0, 0.1) is 0 Å². The zero-order valence-electron chi connectivity index (χ0n) is 19.2. The van der Waals surface area contributed by atoms with Crippen LogP contribution < -0.4 is 10.3 Å². The molecule has 0 unspecified atom stereocenters. The average molecular weight is 472 g/mol. The molecule has 1 aliphatic heterocycles. The van der Waals surface area contributed by atoms with Crippen molar-refractivity contribution < 1.29 is 22.7 Å². The van der Waals surface area contributed by atoms with Gasteiger partial charge in [0.05, 0.1) is 11.4 Å². The zero-order chi connectivity index (χ0) is 24.2. The number of anilines is 1. The molecule has 0 aliphatic carbocycles. The van der Waals surface area contributed by atoms with Gasteiger partial charge in [0.15, 0.2) is 15.9 Å². The average Bonchev–Trinajstić information content (AvgIpc) is 3.17. The van der Waals surface area contributed by atoms with Crippen molar-refractivity contribution in [2.24, 2.45) is 5.10 Å². The molecule has 0 aromatic heterocycles. The molecule has 1 aliphatic rings. The van der Waals surface area contributed by atoms with Gasteiger partial charge in [-0.1, -0.05) is 42.5 Å². The van der Waals surface area contributed by atoms with Gasteiger partial charge in [-0.05, 0) is 44.0 Å². The maximum atomic E-state index is 12.8. The molecule has 1 N–H and O–H groups in total. The number of hydrogen-bond donors (Lipinski definition) is 1. The van der Waals surface area contributed by atoms with Crippen molar-refractivity contribution in [2.75, 3.05) is 11.3 Å². The van der Waals surface area contributed by atoms with Crippen molar-refractivity contribution >= 4 is 33.1 Å². The van der Waals surface area contributed by atoms with Gasteiger partial charge in [-0.15, -0.1) is 0 Å². The molecule has 176 valence electrons. The molecular formula is C24H29N3O5S. The summed E-state index contributed by atoms with van der Waals surface area (Å²) in [5.41, 5.74) is 1.78. The number of carbonyl (C=O) groups is 2. The number of esters is 1. The molecule has 2 aromatic carbocycles. The summed E-state index contributed by atoms with van der Waals surface area (Å²) in [5.74, 6) is -0.848. The van der Waals surface area contributed by atoms with E-state index in [4.69, 9.17) is 4.74 Å². The summed E-state index contributed by atoms with van der Waals surface area (Å²) in [7, 11) is -3.11. The third-order valence-corrected chi connectivity index (χ3v) is 5.63. The summed E-state index contributed by atoms with van der Waals surface area (Å²) < 4.78 is 28.4. The number of amides is 1. The number of hydrazone groups is 1. The van der Waals surface area contributed by atoms with Gasteiger partial charge >= 0.3 is 5.97 Å². The van der Waals surface area contributed by atoms with Crippen molar-refractivity contribution in [3.8, 4) is 0 Å². The van der Waals surface area contributed by atoms with E-state index in [1.165, 1.54) is 11.3 Å². The van der Waals surface area contributed by atoms with Crippen LogP contribution in [0.25, 0.3) is 0 Å². The van der Waals surface area contributed by atoms with Gasteiger partial charge < -0.3 is 10.1 Å². The highest BCUT2D eigenvalue weighted by Crippen LogP contribution is 2.26. The normalized spacial score (nSPS) is 16.3. The quantitative estimate of drug-likeness (QED) is 0.623. The minimum atomic E-state index is -3.11. The summed E-state index contributed by atoms with van der Waals surface area (Å²) >= 11 is 0. The number of nitrogens with zero attached hydrogens (tertiary/aromatic N) is 2. The maximum absolute atomic E-state index is 12.8. The van der Waals surface area contributed by atoms with E-state index in [9.17, 15) is 18.0 Å². The molecule has 1 amide bonds. The summed E-state index contributed by atoms with van der Waals surface area (Å²) in [6.45, 7) is 5.63. The van der Waals surface area contributed by atoms with E-state index >= 15 is 0 Å². The SMILES string of the molecule is CC(C)(C)OC(=O)[C@H]1CC(C(=O)NCc2ccc(CS(C)(=O)=O)cc2)=NN1c1ccccc1. The number of rotatable bonds is 7. The fraction of sp³-hybridized carbons (Fsp3) is 0.375. The third kappa shape index (κ3) is 7.15. The monoisotopic (exact) mass is 471 g/mol. The first-order valence-corrected chi connectivity index (χ1v) is 12.7. The Bertz CT molecular complexity index is 1140. The third-order valence-electron chi connectivity index (χ3n) is 4.78. The largest absolute Gasteiger partial charge is 0.458 e. The molecule has 0 saturated heterocycles. The predicted octanol–water partition coefficient (Wildman–Crippen LogP) is 2.82. The molecule has 1 atom stereocenters. The molecule has 1 heterocycles. The molecule has 3 rings (SSSR count). The number of carbonyl (C=O) groups excluding carboxylic acids is 2. The topological polar surface area (TPSA) is 105 Å². The van der Waals surface area contributed by atoms with Crippen LogP contribution in [0.4, 0.5) is 5.69 Å². The second kappa shape index (κ2) is 9.74. The van der Waals surface area contributed by atoms with E-state index in [-0.39, 0.29) is 30.3 Å². The Morgan fingerprint density at radius 3 is 2.24 bits per heavy atom. The van der Waals surface area contributed by atoms with Crippen LogP contribution in [-0.2, 0) is 36.5 Å². The number of benzene rings is 2. The molecule has 33 heavy (non-hydrogen) atoms. The second-order valence-electron chi connectivity index (χ2n) is 9.05. The van der Waals surface area contributed by atoms with Gasteiger partial charge in [0.25, 0.3) is 5.91 Å². The predicted molar refractivity (Wildman–Crippen MR) is 127 cm³/mol. The van der Waals surface area contributed by atoms with Gasteiger partial charge in [-0.25, -0.2) is 13.2 Å². The Morgan fingerprint density at radius 2 is 1.67 bits per heavy atom. The molecule has 0 bridgehead atoms. The number of nitrogens with one attached hydrogen (secondary N) is 1. The van der Waals surface area contributed by atoms with Crippen LogP contribution in [0.3, 0.4) is 0 Å². The van der Waals surface area contributed by atoms with E-state index in [2.05, 4.69) is 10.4 Å². The van der Waals surface area contributed by atoms with E-state index in [0.717, 1.165) is 5.56 Å². The van der Waals surface area contributed by atoms with Crippen LogP contribution in [-0.4, -0.2) is 43.9 Å². The lowest BCUT2D eigenvalue weighted by Crippen LogP contribution is -2.40. The highest BCUT2D eigenvalue weighted by molar-refractivity contribution is 7.89. The first-order valence-electron chi connectivity index (χ1n) is 10.6. The van der Waals surface area contributed by atoms with E-state index < -0.39 is 27.4 Å². The van der Waals surface area contributed by atoms with Crippen LogP contribution in [0.2, 0.25) is 0 Å². The second-order valence-corrected chi connectivity index (χ2v) is 11.2. The van der Waals surface area contributed by atoms with E-state index in [1.54, 1.807) is 45.0 Å². The lowest BCUT2D eigenvalue weighted by molar-refractivity contribution is -0.156. The lowest BCUT2D eigenvalue weighted by Gasteiger charge is -2.26. The van der Waals surface area contributed by atoms with Crippen molar-refractivity contribution in [1.82, 2.24) is 5.32 Å². The summed E-state index contributed by atoms with van der Waals surface area (Å²) in [5, 5.41) is 8.78. The van der Waals surface area contributed by atoms with Crippen molar-refractivity contribution in [2.45, 2.75) is 51.1 Å². The number of para-hydroxylation sites is 1. The van der Waals surface area contributed by atoms with Gasteiger partial charge in [0, 0.05) is 19.2 Å². The maximum Gasteiger partial charge on any atom is 0.331 e. The Hall–Kier alpha value is -3.20. The lowest BCUT2D eigenvalue weighted by atomic mass is 10.1. The number of ether oxygens (including phenoxy) is 1. The Kier molecular flexibility index (Phi) is 7.22. The Labute approximate surface area is 194 Å². The molecular weight excluding hydrogens is 442 g/mol. The highest BCUT2D eigenvalue weighted by Gasteiger charge is 2.38. The van der Waals surface area contributed by atoms with Gasteiger partial charge in [0.1, 0.15) is 11.3 Å². The first-order chi connectivity index (χ1) is 15.4. The van der Waals surface area contributed by atoms with Crippen LogP contribution in [0.15, 0.2) is 59.7 Å². The fourth-order valence-corrected chi connectivity index (χ4v) is 4.16. The van der Waals surface area contributed by atoms with Crippen molar-refractivity contribution in [1.29, 1.82) is 0 Å². The molecule has 0 saturated carbocycles. The summed E-state index contributed by atoms with van der Waals surface area (Å²) in [4.78, 5) is 25.6. The van der Waals surface area contributed by atoms with E-state index in [1.807, 2.05) is 30.3 Å². The molecule has 9 heteroatoms. The summed E-state index contributed by atoms with van der Waals surface area (Å²) in [6.07, 6.45) is 1.32. The molecule has 0 spiro atoms. The van der Waals surface area contributed by atoms with Crippen molar-refractivity contribution in [3.05, 3.63) is 65.7 Å². The minimum absolute atomic E-state index is 0.0299. The van der Waals surface area contributed by atoms with Crippen LogP contribution >= 0.6 is 0 Å². The molecule has 0 radical (unpaired) electrons. The van der Waals surface area contributed by atoms with Crippen molar-refractivity contribution in [3.63, 3.8) is 0 Å². The Balaban J connectivity index is 1.69. The van der Waals surface area contributed by atoms with Gasteiger partial charge in [0.2, 0.25) is 0 Å². The molecule has 0 fully saturated rings. The molecule has 8 nitrogen and oxygen atoms in total. The zero-order valence-corrected chi connectivity index (χ0v) is 20.1. The Morgan fingerprint density at radius 1 is 1.06 bits per heavy atom. The molecule has 2 aromatic rings. The minimum Gasteiger partial charge on any atom is -0.458 e. The smallest absolute Gasteiger partial charge is 0.331 e. The number of sulfone groups is 1.